The van der Waals surface area contributed by atoms with Crippen molar-refractivity contribution in [3.8, 4) is 23.0 Å². The summed E-state index contributed by atoms with van der Waals surface area (Å²) in [5.74, 6) is 9.22. The van der Waals surface area contributed by atoms with Crippen molar-refractivity contribution in [1.29, 1.82) is 0 Å². The second-order valence-corrected chi connectivity index (χ2v) is 41.4. The SMILES string of the molecule is C.C.C.C.CCNCCN1CCOc2cc(N=C(N)c3cccs3)ccc21.CN(C)CCN1CCOc2ccc(N=C(N)c3cccs3)cc21.CN(C)CCN1CCSc2cc(N=C(N)c3cccs3)ccc21.CNCCN1CCOc2cc(N=C(N)c3cccs3)ccc21.CNCCN1CCOc2ccc(N=C(N)c3cccs3)cc21.NC(=Nc1ccc2c(c1)SCCN2CCN1CCCC1)c1cccs1. The maximum atomic E-state index is 6.13. The zero-order chi connectivity index (χ0) is 96.3. The number of fused-ring (bicyclic) bond motifs is 6. The first-order valence-corrected chi connectivity index (χ1v) is 54.0. The van der Waals surface area contributed by atoms with E-state index in [1.165, 1.54) is 53.6 Å². The lowest BCUT2D eigenvalue weighted by atomic mass is 10.2. The number of likely N-dealkylation sites (N-methyl/N-ethyl adjacent to an activating group) is 5. The Hall–Kier alpha value is -11.2. The van der Waals surface area contributed by atoms with Crippen LogP contribution in [0.25, 0.3) is 0 Å². The van der Waals surface area contributed by atoms with Gasteiger partial charge in [-0.1, -0.05) is 73.0 Å². The molecule has 0 saturated carbocycles. The Bertz CT molecular complexity index is 5930. The lowest BCUT2D eigenvalue weighted by Gasteiger charge is -2.32. The fourth-order valence-corrected chi connectivity index (χ4v) is 21.8. The molecular weight excluding hydrogens is 1930 g/mol. The molecule has 36 heteroatoms. The number of aliphatic imine (C=N–C) groups is 6. The van der Waals surface area contributed by atoms with E-state index in [2.05, 4.69) is 180 Å². The highest BCUT2D eigenvalue weighted by Gasteiger charge is 2.26. The molecule has 0 amide bonds. The highest BCUT2D eigenvalue weighted by molar-refractivity contribution is 7.99. The summed E-state index contributed by atoms with van der Waals surface area (Å²) >= 11 is 13.4. The minimum atomic E-state index is 0. The van der Waals surface area contributed by atoms with Crippen LogP contribution in [0.2, 0.25) is 0 Å². The fourth-order valence-electron chi connectivity index (χ4n) is 15.9. The summed E-state index contributed by atoms with van der Waals surface area (Å²) in [7, 11) is 12.3. The molecular formula is C106H146N24O4S8. The number of amidine groups is 6. The van der Waals surface area contributed by atoms with Crippen molar-refractivity contribution in [2.75, 3.05) is 247 Å². The average molecular weight is 2080 g/mol. The molecule has 1 fully saturated rings. The molecule has 7 aliphatic rings. The number of hydrogen-bond donors (Lipinski definition) is 9. The molecule has 15 N–H and O–H groups in total. The Balaban J connectivity index is 0.000000174. The first-order valence-electron chi connectivity index (χ1n) is 46.8. The number of thioether (sulfide) groups is 2. The third-order valence-corrected chi connectivity index (χ3v) is 30.5. The number of ether oxygens (including phenoxy) is 4. The number of nitrogens with one attached hydrogen (secondary N) is 3. The smallest absolute Gasteiger partial charge is 0.144 e. The van der Waals surface area contributed by atoms with Crippen LogP contribution in [0.4, 0.5) is 68.2 Å². The lowest BCUT2D eigenvalue weighted by Crippen LogP contribution is -2.37. The quantitative estimate of drug-likeness (QED) is 0.0111. The van der Waals surface area contributed by atoms with Crippen LogP contribution in [0.1, 0.15) is 78.7 Å². The zero-order valence-electron chi connectivity index (χ0n) is 79.9. The van der Waals surface area contributed by atoms with Gasteiger partial charge in [0.1, 0.15) is 84.4 Å². The Labute approximate surface area is 874 Å². The molecule has 0 unspecified atom stereocenters. The molecule has 19 rings (SSSR count). The fraction of sp³-hybridized carbons (Fsp3) is 0.377. The first kappa shape index (κ1) is 113. The molecule has 0 spiro atoms. The minimum absolute atomic E-state index is 0. The predicted octanol–water partition coefficient (Wildman–Crippen LogP) is 19.1. The van der Waals surface area contributed by atoms with E-state index in [9.17, 15) is 0 Å². The van der Waals surface area contributed by atoms with Gasteiger partial charge in [0, 0.05) is 125 Å². The number of nitrogens with zero attached hydrogens (tertiary/aromatic N) is 15. The van der Waals surface area contributed by atoms with E-state index in [1.807, 2.05) is 197 Å². The number of hydrogen-bond acceptors (Lipinski definition) is 30. The summed E-state index contributed by atoms with van der Waals surface area (Å²) in [5.41, 5.74) is 48.8. The Morgan fingerprint density at radius 2 is 0.606 bits per heavy atom. The van der Waals surface area contributed by atoms with E-state index in [0.717, 1.165) is 252 Å². The first-order chi connectivity index (χ1) is 67.4. The van der Waals surface area contributed by atoms with Gasteiger partial charge in [-0.2, -0.15) is 0 Å². The van der Waals surface area contributed by atoms with Crippen molar-refractivity contribution in [3.63, 3.8) is 0 Å². The molecule has 0 aliphatic carbocycles. The van der Waals surface area contributed by atoms with E-state index in [1.54, 1.807) is 68.0 Å². The number of thiophene rings is 6. The van der Waals surface area contributed by atoms with Crippen LogP contribution in [0.5, 0.6) is 23.0 Å². The Kier molecular flexibility index (Phi) is 46.5. The van der Waals surface area contributed by atoms with Gasteiger partial charge in [0.2, 0.25) is 0 Å². The second kappa shape index (κ2) is 58.5. The van der Waals surface area contributed by atoms with Gasteiger partial charge in [0.25, 0.3) is 0 Å². The van der Waals surface area contributed by atoms with Crippen LogP contribution in [0, 0.1) is 0 Å². The normalized spacial score (nSPS) is 15.0. The summed E-state index contributed by atoms with van der Waals surface area (Å²) in [6.45, 7) is 26.5. The number of rotatable bonds is 31. The molecule has 1 saturated heterocycles. The van der Waals surface area contributed by atoms with Crippen molar-refractivity contribution >= 4 is 195 Å². The van der Waals surface area contributed by atoms with Gasteiger partial charge in [-0.3, -0.25) is 0 Å². The van der Waals surface area contributed by atoms with Gasteiger partial charge >= 0.3 is 0 Å². The molecule has 7 aliphatic heterocycles. The van der Waals surface area contributed by atoms with Crippen molar-refractivity contribution in [2.45, 2.75) is 59.3 Å². The van der Waals surface area contributed by atoms with Crippen LogP contribution in [-0.2, 0) is 0 Å². The standard InChI is InChI=1S/C19H24N4S2.2C17H22N4OS.C17H22N4S2.2C16H20N4OS.4CH4/c20-19(17-4-3-12-24-17)21-15-5-6-16-18(14-15)25-13-11-23(16)10-9-22-7-1-2-8-22;1-20(2)7-8-21-9-10-22-15-6-5-13(12-14(15)21)19-17(18)16-4-3-11-23-16;1-2-19-7-8-21-9-10-22-15-12-13(5-6-14(15)21)20-17(18)16-4-3-11-23-16;1-20(2)7-8-21-9-11-23-16-12-13(5-6-14(16)21)19-17(18)15-4-3-10-22-15;1-18-6-7-20-8-9-21-14-5-4-12(11-13(14)20)19-16(17)15-3-2-10-22-15;1-18-6-7-20-8-9-21-14-11-12(4-5-13(14)20)19-16(17)15-3-2-10-22-15;;;;/h3-6,12,14H,1-2,7-11,13H2,(H2,20,21);3-6,11-12H,7-10H2,1-2H3,(H2,18,19);3-6,11-12,19H,2,7-10H2,1H3,(H2,18,20);3-6,10,12H,7-9,11H2,1-2H3,(H2,18,19);2*2-5,10-11,18H,6-9H2,1H3,(H2,17,19);4*1H4. The van der Waals surface area contributed by atoms with Crippen LogP contribution >= 0.6 is 91.5 Å². The number of nitrogens with two attached hydrogens (primary N) is 6. The van der Waals surface area contributed by atoms with E-state index in [-0.39, 0.29) is 29.7 Å². The van der Waals surface area contributed by atoms with Crippen LogP contribution in [0.3, 0.4) is 0 Å². The van der Waals surface area contributed by atoms with Gasteiger partial charge in [0.05, 0.1) is 124 Å². The molecule has 12 aromatic rings. The largest absolute Gasteiger partial charge is 0.490 e. The maximum absolute atomic E-state index is 6.13. The molecule has 6 aromatic heterocycles. The van der Waals surface area contributed by atoms with Crippen LogP contribution in [-0.4, -0.2) is 267 Å². The van der Waals surface area contributed by atoms with Crippen molar-refractivity contribution in [2.24, 2.45) is 64.4 Å². The molecule has 0 atom stereocenters. The molecule has 13 heterocycles. The predicted molar refractivity (Wildman–Crippen MR) is 620 cm³/mol. The Morgan fingerprint density at radius 1 is 0.317 bits per heavy atom. The van der Waals surface area contributed by atoms with Gasteiger partial charge in [-0.25, -0.2) is 30.0 Å². The summed E-state index contributed by atoms with van der Waals surface area (Å²) in [6.07, 6.45) is 2.72. The van der Waals surface area contributed by atoms with Gasteiger partial charge in [-0.15, -0.1) is 91.5 Å². The highest BCUT2D eigenvalue weighted by Crippen LogP contribution is 2.43. The summed E-state index contributed by atoms with van der Waals surface area (Å²) < 4.78 is 23.1. The molecule has 0 radical (unpaired) electrons. The monoisotopic (exact) mass is 2070 g/mol. The van der Waals surface area contributed by atoms with Crippen LogP contribution in [0.15, 0.2) is 254 Å². The van der Waals surface area contributed by atoms with E-state index in [0.29, 0.717) is 48.2 Å². The van der Waals surface area contributed by atoms with Crippen molar-refractivity contribution < 1.29 is 18.9 Å². The molecule has 142 heavy (non-hydrogen) atoms. The molecule has 28 nitrogen and oxygen atoms in total. The summed E-state index contributed by atoms with van der Waals surface area (Å²) in [5, 5.41) is 21.8. The number of benzene rings is 6. The third kappa shape index (κ3) is 33.2. The topological polar surface area (TPSA) is 332 Å². The summed E-state index contributed by atoms with van der Waals surface area (Å²) in [4.78, 5) is 57.2. The lowest BCUT2D eigenvalue weighted by molar-refractivity contribution is 0.303. The van der Waals surface area contributed by atoms with Crippen molar-refractivity contribution in [1.82, 2.24) is 30.7 Å². The average Bonchev–Trinajstić information content (AvgIpc) is 1.06. The zero-order valence-corrected chi connectivity index (χ0v) is 86.4. The van der Waals surface area contributed by atoms with E-state index < -0.39 is 0 Å². The maximum Gasteiger partial charge on any atom is 0.144 e. The van der Waals surface area contributed by atoms with Crippen molar-refractivity contribution in [3.05, 3.63) is 244 Å². The van der Waals surface area contributed by atoms with Gasteiger partial charge in [0.15, 0.2) is 0 Å². The molecule has 762 valence electrons. The second-order valence-electron chi connectivity index (χ2n) is 33.5. The number of anilines is 6. The third-order valence-electron chi connectivity index (χ3n) is 23.1. The minimum Gasteiger partial charge on any atom is -0.490 e. The van der Waals surface area contributed by atoms with Gasteiger partial charge in [-0.05, 0) is 241 Å². The highest BCUT2D eigenvalue weighted by atomic mass is 32.2. The molecule has 0 bridgehead atoms. The van der Waals surface area contributed by atoms with Crippen LogP contribution < -0.4 is 98.7 Å². The van der Waals surface area contributed by atoms with Gasteiger partial charge < -0.3 is 113 Å². The summed E-state index contributed by atoms with van der Waals surface area (Å²) in [6, 6.07) is 60.7. The van der Waals surface area contributed by atoms with E-state index >= 15 is 0 Å². The van der Waals surface area contributed by atoms with E-state index in [4.69, 9.17) is 53.3 Å². The molecule has 6 aromatic carbocycles. The number of likely N-dealkylation sites (tertiary alicyclic amines) is 1. The Morgan fingerprint density at radius 3 is 0.930 bits per heavy atom.